The zero-order valence-electron chi connectivity index (χ0n) is 11.9. The van der Waals surface area contributed by atoms with Crippen LogP contribution in [0.2, 0.25) is 0 Å². The summed E-state index contributed by atoms with van der Waals surface area (Å²) in [7, 11) is 0. The van der Waals surface area contributed by atoms with Crippen LogP contribution in [0.5, 0.6) is 0 Å². The summed E-state index contributed by atoms with van der Waals surface area (Å²) in [6, 6.07) is 2.85. The monoisotopic (exact) mass is 349 g/mol. The lowest BCUT2D eigenvalue weighted by molar-refractivity contribution is -0.383. The molecule has 2 aromatic carbocycles. The average Bonchev–Trinajstić information content (AvgIpc) is 2.50. The SMILES string of the molecule is O=C(O)c1c(C(=O)O)c(C(=O)O)c2c([N+](=O)[O-])cccc2c1C(=O)O. The van der Waals surface area contributed by atoms with E-state index in [-0.39, 0.29) is 0 Å². The number of nitro groups is 1. The van der Waals surface area contributed by atoms with Crippen LogP contribution >= 0.6 is 0 Å². The van der Waals surface area contributed by atoms with E-state index in [0.717, 1.165) is 18.2 Å². The second kappa shape index (κ2) is 5.88. The van der Waals surface area contributed by atoms with Gasteiger partial charge in [0.2, 0.25) is 0 Å². The van der Waals surface area contributed by atoms with E-state index in [9.17, 15) is 49.7 Å². The number of carboxylic acids is 4. The van der Waals surface area contributed by atoms with Gasteiger partial charge in [-0.05, 0) is 0 Å². The second-order valence-corrected chi connectivity index (χ2v) is 4.68. The van der Waals surface area contributed by atoms with Crippen molar-refractivity contribution < 1.29 is 44.5 Å². The fourth-order valence-electron chi connectivity index (χ4n) is 2.54. The number of benzene rings is 2. The number of non-ortho nitro benzene ring substituents is 1. The minimum Gasteiger partial charge on any atom is -0.478 e. The Hall–Kier alpha value is -4.02. The maximum atomic E-state index is 11.5. The summed E-state index contributed by atoms with van der Waals surface area (Å²) in [5.74, 6) is -7.86. The lowest BCUT2D eigenvalue weighted by Crippen LogP contribution is -2.20. The molecule has 0 atom stereocenters. The number of carbonyl (C=O) groups is 4. The first kappa shape index (κ1) is 17.3. The molecule has 0 aromatic heterocycles. The van der Waals surface area contributed by atoms with Crippen LogP contribution in [0.1, 0.15) is 41.4 Å². The normalized spacial score (nSPS) is 10.4. The van der Waals surface area contributed by atoms with E-state index in [1.165, 1.54) is 0 Å². The molecule has 0 fully saturated rings. The van der Waals surface area contributed by atoms with E-state index in [1.54, 1.807) is 0 Å². The van der Waals surface area contributed by atoms with Gasteiger partial charge >= 0.3 is 23.9 Å². The van der Waals surface area contributed by atoms with Gasteiger partial charge in [0.05, 0.1) is 32.6 Å². The Kier molecular flexibility index (Phi) is 4.08. The third kappa shape index (κ3) is 2.59. The zero-order valence-corrected chi connectivity index (χ0v) is 11.9. The van der Waals surface area contributed by atoms with Crippen LogP contribution < -0.4 is 0 Å². The molecule has 0 saturated heterocycles. The Labute approximate surface area is 136 Å². The van der Waals surface area contributed by atoms with Crippen LogP contribution in [0, 0.1) is 10.1 Å². The number of hydrogen-bond donors (Lipinski definition) is 4. The van der Waals surface area contributed by atoms with Crippen LogP contribution in [0.4, 0.5) is 5.69 Å². The molecule has 0 aliphatic carbocycles. The van der Waals surface area contributed by atoms with Crippen LogP contribution in [-0.4, -0.2) is 49.2 Å². The van der Waals surface area contributed by atoms with E-state index in [2.05, 4.69) is 0 Å². The van der Waals surface area contributed by atoms with E-state index < -0.39 is 67.5 Å². The van der Waals surface area contributed by atoms with E-state index in [1.807, 2.05) is 0 Å². The van der Waals surface area contributed by atoms with Gasteiger partial charge in [0.25, 0.3) is 5.69 Å². The first-order valence-corrected chi connectivity index (χ1v) is 6.29. The molecule has 0 saturated carbocycles. The molecule has 0 bridgehead atoms. The molecule has 0 radical (unpaired) electrons. The second-order valence-electron chi connectivity index (χ2n) is 4.68. The minimum absolute atomic E-state index is 0.568. The lowest BCUT2D eigenvalue weighted by Gasteiger charge is -2.14. The summed E-state index contributed by atoms with van der Waals surface area (Å²) in [6.45, 7) is 0. The first-order chi connectivity index (χ1) is 11.6. The molecule has 11 nitrogen and oxygen atoms in total. The molecule has 0 aliphatic rings. The molecule has 4 N–H and O–H groups in total. The number of aromatic carboxylic acids is 4. The smallest absolute Gasteiger partial charge is 0.337 e. The molecule has 0 spiro atoms. The fourth-order valence-corrected chi connectivity index (χ4v) is 2.54. The van der Waals surface area contributed by atoms with Gasteiger partial charge in [-0.1, -0.05) is 12.1 Å². The number of rotatable bonds is 5. The number of fused-ring (bicyclic) bond motifs is 1. The Morgan fingerprint density at radius 2 is 1.20 bits per heavy atom. The van der Waals surface area contributed by atoms with Gasteiger partial charge in [0.1, 0.15) is 0 Å². The number of nitro benzene ring substituents is 1. The summed E-state index contributed by atoms with van der Waals surface area (Å²) in [5, 5.41) is 46.9. The molecule has 0 aliphatic heterocycles. The van der Waals surface area contributed by atoms with Crippen molar-refractivity contribution in [3.63, 3.8) is 0 Å². The largest absolute Gasteiger partial charge is 0.478 e. The van der Waals surface area contributed by atoms with Gasteiger partial charge in [-0.3, -0.25) is 10.1 Å². The van der Waals surface area contributed by atoms with Crippen molar-refractivity contribution >= 4 is 40.3 Å². The van der Waals surface area contributed by atoms with Crippen LogP contribution in [0.25, 0.3) is 10.8 Å². The Bertz CT molecular complexity index is 991. The summed E-state index contributed by atoms with van der Waals surface area (Å²) >= 11 is 0. The molecule has 0 unspecified atom stereocenters. The van der Waals surface area contributed by atoms with E-state index in [4.69, 9.17) is 0 Å². The quantitative estimate of drug-likeness (QED) is 0.454. The highest BCUT2D eigenvalue weighted by Gasteiger charge is 2.35. The number of nitrogens with zero attached hydrogens (tertiary/aromatic N) is 1. The predicted octanol–water partition coefficient (Wildman–Crippen LogP) is 1.54. The predicted molar refractivity (Wildman–Crippen MR) is 78.4 cm³/mol. The molecule has 25 heavy (non-hydrogen) atoms. The van der Waals surface area contributed by atoms with E-state index >= 15 is 0 Å². The molecule has 128 valence electrons. The van der Waals surface area contributed by atoms with Crippen LogP contribution in [0.3, 0.4) is 0 Å². The summed E-state index contributed by atoms with van der Waals surface area (Å²) in [6.07, 6.45) is 0. The summed E-state index contributed by atoms with van der Waals surface area (Å²) < 4.78 is 0. The molecule has 2 aromatic rings. The molecule has 2 rings (SSSR count). The Morgan fingerprint density at radius 1 is 0.760 bits per heavy atom. The van der Waals surface area contributed by atoms with Gasteiger partial charge in [0, 0.05) is 11.5 Å². The zero-order chi connectivity index (χ0) is 19.0. The third-order valence-electron chi connectivity index (χ3n) is 3.36. The number of carboxylic acid groups (broad SMARTS) is 4. The molecular weight excluding hydrogens is 342 g/mol. The number of hydrogen-bond acceptors (Lipinski definition) is 6. The standard InChI is InChI=1S/C14H7NO10/c16-11(17)7-4-2-1-3-5(15(24)25)6(4)8(12(18)19)10(14(22)23)9(7)13(20)21/h1-3H,(H,16,17)(H,18,19)(H,20,21)(H,22,23). The van der Waals surface area contributed by atoms with Crippen molar-refractivity contribution in [2.24, 2.45) is 0 Å². The van der Waals surface area contributed by atoms with E-state index in [0.29, 0.717) is 0 Å². The molecule has 11 heteroatoms. The van der Waals surface area contributed by atoms with Gasteiger partial charge in [-0.25, -0.2) is 19.2 Å². The third-order valence-corrected chi connectivity index (χ3v) is 3.36. The highest BCUT2D eigenvalue weighted by Crippen LogP contribution is 2.36. The van der Waals surface area contributed by atoms with Crippen molar-refractivity contribution in [3.8, 4) is 0 Å². The minimum atomic E-state index is -2.04. The van der Waals surface area contributed by atoms with Gasteiger partial charge in [-0.2, -0.15) is 0 Å². The Morgan fingerprint density at radius 3 is 1.60 bits per heavy atom. The van der Waals surface area contributed by atoms with Gasteiger partial charge in [0.15, 0.2) is 0 Å². The van der Waals surface area contributed by atoms with Gasteiger partial charge in [-0.15, -0.1) is 0 Å². The topological polar surface area (TPSA) is 192 Å². The highest BCUT2D eigenvalue weighted by atomic mass is 16.6. The van der Waals surface area contributed by atoms with Crippen molar-refractivity contribution in [2.75, 3.05) is 0 Å². The highest BCUT2D eigenvalue weighted by molar-refractivity contribution is 6.24. The van der Waals surface area contributed by atoms with Crippen LogP contribution in [-0.2, 0) is 0 Å². The molecular formula is C14H7NO10. The maximum absolute atomic E-state index is 11.5. The Balaban J connectivity index is 3.38. The van der Waals surface area contributed by atoms with Crippen molar-refractivity contribution in [2.45, 2.75) is 0 Å². The van der Waals surface area contributed by atoms with Crippen LogP contribution in [0.15, 0.2) is 18.2 Å². The van der Waals surface area contributed by atoms with Crippen molar-refractivity contribution in [3.05, 3.63) is 50.6 Å². The fraction of sp³-hybridized carbons (Fsp3) is 0. The molecule has 0 amide bonds. The van der Waals surface area contributed by atoms with Crippen molar-refractivity contribution in [1.29, 1.82) is 0 Å². The lowest BCUT2D eigenvalue weighted by atomic mass is 9.88. The van der Waals surface area contributed by atoms with Gasteiger partial charge < -0.3 is 20.4 Å². The van der Waals surface area contributed by atoms with Crippen molar-refractivity contribution in [1.82, 2.24) is 0 Å². The first-order valence-electron chi connectivity index (χ1n) is 6.29. The average molecular weight is 349 g/mol. The maximum Gasteiger partial charge on any atom is 0.337 e. The summed E-state index contributed by atoms with van der Waals surface area (Å²) in [5.41, 5.74) is -5.70. The summed E-state index contributed by atoms with van der Waals surface area (Å²) in [4.78, 5) is 56.1. The molecule has 0 heterocycles.